The topological polar surface area (TPSA) is 73.1 Å². The van der Waals surface area contributed by atoms with E-state index in [-0.39, 0.29) is 24.0 Å². The molecule has 0 bridgehead atoms. The van der Waals surface area contributed by atoms with Crippen LogP contribution in [-0.2, 0) is 0 Å². The highest BCUT2D eigenvalue weighted by Crippen LogP contribution is 2.30. The molecule has 234 valence electrons. The van der Waals surface area contributed by atoms with Crippen LogP contribution in [0.4, 0.5) is 0 Å². The van der Waals surface area contributed by atoms with Gasteiger partial charge >= 0.3 is 0 Å². The molecule has 0 aromatic rings. The fourth-order valence-electron chi connectivity index (χ4n) is 6.26. The number of hydrogen-bond donors (Lipinski definition) is 3. The molecule has 0 amide bonds. The van der Waals surface area contributed by atoms with Crippen LogP contribution in [-0.4, -0.2) is 33.3 Å². The van der Waals surface area contributed by atoms with Crippen LogP contribution in [0.25, 0.3) is 0 Å². The molecule has 0 radical (unpaired) electrons. The van der Waals surface area contributed by atoms with Gasteiger partial charge in [0, 0.05) is 11.8 Å². The highest BCUT2D eigenvalue weighted by molar-refractivity contribution is 5.88. The van der Waals surface area contributed by atoms with Gasteiger partial charge in [0.2, 0.25) is 0 Å². The van der Waals surface area contributed by atoms with Gasteiger partial charge in [-0.3, -0.25) is 0 Å². The third-order valence-corrected chi connectivity index (χ3v) is 8.36. The van der Waals surface area contributed by atoms with Crippen molar-refractivity contribution >= 4 is 5.71 Å². The molecule has 4 unspecified atom stereocenters. The van der Waals surface area contributed by atoms with Crippen molar-refractivity contribution in [1.82, 2.24) is 0 Å². The molecule has 0 rings (SSSR count). The maximum atomic E-state index is 10.9. The van der Waals surface area contributed by atoms with Gasteiger partial charge in [-0.2, -0.15) is 0 Å². The summed E-state index contributed by atoms with van der Waals surface area (Å²) >= 11 is 0. The second-order valence-electron chi connectivity index (χ2n) is 13.5. The third-order valence-electron chi connectivity index (χ3n) is 8.36. The Labute approximate surface area is 244 Å². The Morgan fingerprint density at radius 2 is 0.795 bits per heavy atom. The van der Waals surface area contributed by atoms with Gasteiger partial charge in [-0.15, -0.1) is 0 Å². The normalized spacial score (nSPS) is 15.0. The van der Waals surface area contributed by atoms with Gasteiger partial charge in [0.15, 0.2) is 0 Å². The molecular weight excluding hydrogens is 482 g/mol. The first-order valence-electron chi connectivity index (χ1n) is 17.3. The molecule has 4 heteroatoms. The Balaban J connectivity index is 5.25. The zero-order valence-corrected chi connectivity index (χ0v) is 27.3. The number of aliphatic hydroxyl groups excluding tert-OH is 2. The van der Waals surface area contributed by atoms with Crippen LogP contribution in [0.1, 0.15) is 183 Å². The second kappa shape index (κ2) is 26.3. The van der Waals surface area contributed by atoms with Crippen LogP contribution in [0.3, 0.4) is 0 Å². The summed E-state index contributed by atoms with van der Waals surface area (Å²) in [5, 5.41) is 36.1. The molecular formula is C35H71NO3. The van der Waals surface area contributed by atoms with Crippen LogP contribution in [0, 0.1) is 23.7 Å². The number of hydrogen-bond acceptors (Lipinski definition) is 4. The molecule has 39 heavy (non-hydrogen) atoms. The smallest absolute Gasteiger partial charge is 0.0634 e. The minimum absolute atomic E-state index is 0.0918. The number of aliphatic hydroxyl groups is 2. The van der Waals surface area contributed by atoms with E-state index in [0.717, 1.165) is 44.2 Å². The van der Waals surface area contributed by atoms with Crippen molar-refractivity contribution in [1.29, 1.82) is 0 Å². The Hall–Kier alpha value is -0.610. The van der Waals surface area contributed by atoms with Crippen LogP contribution in [0.15, 0.2) is 5.16 Å². The number of oxime groups is 1. The molecule has 0 aromatic heterocycles. The summed E-state index contributed by atoms with van der Waals surface area (Å²) in [5.41, 5.74) is 0.853. The lowest BCUT2D eigenvalue weighted by molar-refractivity contribution is 0.118. The minimum Gasteiger partial charge on any atom is -0.411 e. The van der Waals surface area contributed by atoms with Crippen molar-refractivity contribution < 1.29 is 15.4 Å². The first-order chi connectivity index (χ1) is 18.7. The fraction of sp³-hybridized carbons (Fsp3) is 0.971. The summed E-state index contributed by atoms with van der Waals surface area (Å²) in [6.45, 7) is 13.2. The van der Waals surface area contributed by atoms with Gasteiger partial charge in [-0.25, -0.2) is 0 Å². The third kappa shape index (κ3) is 22.7. The average Bonchev–Trinajstić information content (AvgIpc) is 2.86. The maximum Gasteiger partial charge on any atom is 0.0634 e. The molecule has 4 atom stereocenters. The molecule has 4 nitrogen and oxygen atoms in total. The van der Waals surface area contributed by atoms with Gasteiger partial charge in [0.05, 0.1) is 17.9 Å². The van der Waals surface area contributed by atoms with E-state index >= 15 is 0 Å². The summed E-state index contributed by atoms with van der Waals surface area (Å²) in [4.78, 5) is 0. The van der Waals surface area contributed by atoms with Crippen molar-refractivity contribution in [3.05, 3.63) is 0 Å². The number of unbranched alkanes of at least 4 members (excludes halogenated alkanes) is 14. The first-order valence-corrected chi connectivity index (χ1v) is 17.3. The Morgan fingerprint density at radius 1 is 0.487 bits per heavy atom. The molecule has 0 aromatic carbocycles. The summed E-state index contributed by atoms with van der Waals surface area (Å²) in [6.07, 6.45) is 24.5. The lowest BCUT2D eigenvalue weighted by atomic mass is 9.78. The molecule has 0 heterocycles. The summed E-state index contributed by atoms with van der Waals surface area (Å²) < 4.78 is 0. The van der Waals surface area contributed by atoms with Gasteiger partial charge in [0.1, 0.15) is 0 Å². The van der Waals surface area contributed by atoms with Gasteiger partial charge in [0.25, 0.3) is 0 Å². The molecule has 0 aliphatic carbocycles. The Bertz CT molecular complexity index is 504. The second-order valence-corrected chi connectivity index (χ2v) is 13.5. The summed E-state index contributed by atoms with van der Waals surface area (Å²) in [7, 11) is 0. The van der Waals surface area contributed by atoms with E-state index in [4.69, 9.17) is 0 Å². The lowest BCUT2D eigenvalue weighted by Crippen LogP contribution is -2.31. The minimum atomic E-state index is -0.370. The zero-order chi connectivity index (χ0) is 29.3. The Kier molecular flexibility index (Phi) is 25.9. The van der Waals surface area contributed by atoms with Crippen molar-refractivity contribution in [2.45, 2.75) is 195 Å². The van der Waals surface area contributed by atoms with Crippen molar-refractivity contribution in [2.75, 3.05) is 0 Å². The van der Waals surface area contributed by atoms with Crippen LogP contribution in [0.2, 0.25) is 0 Å². The quantitative estimate of drug-likeness (QED) is 0.0390. The molecule has 0 aliphatic rings. The SMILES string of the molecule is CCCCCCCCCCC(CC(O)CC(C)C)C(=NO)C(CCCCCCCCCC)CC(O)CC(C)C. The average molecular weight is 554 g/mol. The van der Waals surface area contributed by atoms with E-state index in [1.165, 1.54) is 89.9 Å². The predicted molar refractivity (Wildman–Crippen MR) is 171 cm³/mol. The summed E-state index contributed by atoms with van der Waals surface area (Å²) in [6, 6.07) is 0. The van der Waals surface area contributed by atoms with Crippen LogP contribution >= 0.6 is 0 Å². The van der Waals surface area contributed by atoms with Crippen LogP contribution in [0.5, 0.6) is 0 Å². The van der Waals surface area contributed by atoms with Crippen molar-refractivity contribution in [3.63, 3.8) is 0 Å². The maximum absolute atomic E-state index is 10.9. The lowest BCUT2D eigenvalue weighted by Gasteiger charge is -2.29. The predicted octanol–water partition coefficient (Wildman–Crippen LogP) is 10.7. The van der Waals surface area contributed by atoms with Crippen molar-refractivity contribution in [2.24, 2.45) is 28.8 Å². The number of rotatable bonds is 28. The zero-order valence-electron chi connectivity index (χ0n) is 27.3. The van der Waals surface area contributed by atoms with Crippen molar-refractivity contribution in [3.8, 4) is 0 Å². The van der Waals surface area contributed by atoms with Gasteiger partial charge < -0.3 is 15.4 Å². The van der Waals surface area contributed by atoms with E-state index in [1.54, 1.807) is 0 Å². The van der Waals surface area contributed by atoms with E-state index in [2.05, 4.69) is 46.7 Å². The van der Waals surface area contributed by atoms with E-state index in [0.29, 0.717) is 24.7 Å². The van der Waals surface area contributed by atoms with E-state index in [9.17, 15) is 15.4 Å². The molecule has 3 N–H and O–H groups in total. The molecule has 0 saturated heterocycles. The monoisotopic (exact) mass is 554 g/mol. The van der Waals surface area contributed by atoms with E-state index < -0.39 is 0 Å². The molecule has 0 saturated carbocycles. The number of nitrogens with zero attached hydrogens (tertiary/aromatic N) is 1. The fourth-order valence-corrected chi connectivity index (χ4v) is 6.26. The molecule has 0 spiro atoms. The van der Waals surface area contributed by atoms with Crippen LogP contribution < -0.4 is 0 Å². The van der Waals surface area contributed by atoms with E-state index in [1.807, 2.05) is 0 Å². The van der Waals surface area contributed by atoms with Gasteiger partial charge in [-0.05, 0) is 50.4 Å². The highest BCUT2D eigenvalue weighted by Gasteiger charge is 2.29. The first kappa shape index (κ1) is 38.4. The summed E-state index contributed by atoms with van der Waals surface area (Å²) in [5.74, 6) is 1.07. The van der Waals surface area contributed by atoms with Gasteiger partial charge in [-0.1, -0.05) is 149 Å². The highest BCUT2D eigenvalue weighted by atomic mass is 16.4. The largest absolute Gasteiger partial charge is 0.411 e. The Morgan fingerprint density at radius 3 is 1.08 bits per heavy atom. The molecule has 0 aliphatic heterocycles. The molecule has 0 fully saturated rings. The standard InChI is InChI=1S/C35H71NO3/c1-7-9-11-13-15-17-19-21-23-31(27-33(37)25-29(3)4)35(36-39)32(28-34(38)26-30(5)6)24-22-20-18-16-14-12-10-8-2/h29-34,37-39H,7-28H2,1-6H3.